The molecule has 1 fully saturated rings. The Morgan fingerprint density at radius 2 is 1.94 bits per heavy atom. The average Bonchev–Trinajstić information content (AvgIpc) is 2.34. The third-order valence-corrected chi connectivity index (χ3v) is 2.39. The van der Waals surface area contributed by atoms with Gasteiger partial charge in [0.15, 0.2) is 6.29 Å². The molecule has 5 atom stereocenters. The highest BCUT2D eigenvalue weighted by Crippen LogP contribution is 2.21. The molecule has 0 radical (unpaired) electrons. The van der Waals surface area contributed by atoms with Crippen molar-refractivity contribution < 1.29 is 29.9 Å². The zero-order chi connectivity index (χ0) is 12.8. The predicted octanol–water partition coefficient (Wildman–Crippen LogP) is -1.89. The van der Waals surface area contributed by atoms with Crippen LogP contribution in [-0.4, -0.2) is 70.9 Å². The Morgan fingerprint density at radius 3 is 2.53 bits per heavy atom. The Morgan fingerprint density at radius 1 is 1.24 bits per heavy atom. The maximum Gasteiger partial charge on any atom is 0.186 e. The highest BCUT2D eigenvalue weighted by atomic mass is 16.7. The second kappa shape index (κ2) is 6.72. The van der Waals surface area contributed by atoms with Crippen molar-refractivity contribution in [2.45, 2.75) is 30.7 Å². The summed E-state index contributed by atoms with van der Waals surface area (Å²) in [5, 5.41) is 40.5. The first-order valence-electron chi connectivity index (χ1n) is 5.04. The number of aliphatic hydroxyl groups is 4. The van der Waals surface area contributed by atoms with Crippen LogP contribution in [0.25, 0.3) is 10.4 Å². The molecule has 0 aromatic rings. The minimum absolute atomic E-state index is 0.00719. The Labute approximate surface area is 96.8 Å². The summed E-state index contributed by atoms with van der Waals surface area (Å²) < 4.78 is 10.1. The SMILES string of the molecule is [N-]=[N+]=NCCO[C@H]1O[C@@H](CO)[C@H](O)C(O)C1O. The molecule has 1 aliphatic rings. The van der Waals surface area contributed by atoms with Gasteiger partial charge in [-0.05, 0) is 5.53 Å². The van der Waals surface area contributed by atoms with Crippen LogP contribution in [0.3, 0.4) is 0 Å². The van der Waals surface area contributed by atoms with Gasteiger partial charge in [-0.3, -0.25) is 0 Å². The largest absolute Gasteiger partial charge is 0.394 e. The maximum atomic E-state index is 9.53. The third kappa shape index (κ3) is 3.51. The molecule has 1 heterocycles. The summed E-state index contributed by atoms with van der Waals surface area (Å²) in [6.07, 6.45) is -6.49. The standard InChI is InChI=1S/C8H15N3O6/c9-11-10-1-2-16-8-7(15)6(14)5(13)4(3-12)17-8/h4-8,12-15H,1-3H2/t4-,5-,6?,7?,8-/m0/s1. The molecule has 2 unspecified atom stereocenters. The highest BCUT2D eigenvalue weighted by Gasteiger charge is 2.43. The first-order valence-corrected chi connectivity index (χ1v) is 5.04. The molecule has 17 heavy (non-hydrogen) atoms. The fraction of sp³-hybridized carbons (Fsp3) is 1.00. The van der Waals surface area contributed by atoms with Crippen molar-refractivity contribution in [1.29, 1.82) is 0 Å². The van der Waals surface area contributed by atoms with Crippen molar-refractivity contribution in [2.75, 3.05) is 19.8 Å². The van der Waals surface area contributed by atoms with Crippen molar-refractivity contribution in [2.24, 2.45) is 5.11 Å². The molecule has 0 amide bonds. The van der Waals surface area contributed by atoms with E-state index in [1.807, 2.05) is 0 Å². The normalized spacial score (nSPS) is 37.5. The molecule has 1 aliphatic heterocycles. The quantitative estimate of drug-likeness (QED) is 0.194. The van der Waals surface area contributed by atoms with Crippen molar-refractivity contribution in [3.05, 3.63) is 10.4 Å². The third-order valence-electron chi connectivity index (χ3n) is 2.39. The molecule has 4 N–H and O–H groups in total. The van der Waals surface area contributed by atoms with E-state index < -0.39 is 37.3 Å². The van der Waals surface area contributed by atoms with Crippen LogP contribution in [0.4, 0.5) is 0 Å². The Kier molecular flexibility index (Phi) is 5.59. The molecule has 0 spiro atoms. The Balaban J connectivity index is 2.50. The number of nitrogens with zero attached hydrogens (tertiary/aromatic N) is 3. The number of rotatable bonds is 5. The van der Waals surface area contributed by atoms with E-state index in [0.29, 0.717) is 0 Å². The number of ether oxygens (including phenoxy) is 2. The van der Waals surface area contributed by atoms with E-state index in [1.165, 1.54) is 0 Å². The summed E-state index contributed by atoms with van der Waals surface area (Å²) in [6, 6.07) is 0. The molecular weight excluding hydrogens is 234 g/mol. The molecule has 0 aromatic heterocycles. The molecule has 9 nitrogen and oxygen atoms in total. The van der Waals surface area contributed by atoms with E-state index in [1.54, 1.807) is 0 Å². The fourth-order valence-electron chi connectivity index (χ4n) is 1.46. The van der Waals surface area contributed by atoms with Crippen molar-refractivity contribution in [3.8, 4) is 0 Å². The van der Waals surface area contributed by atoms with Gasteiger partial charge < -0.3 is 29.9 Å². The summed E-state index contributed by atoms with van der Waals surface area (Å²) in [6.45, 7) is -0.473. The summed E-state index contributed by atoms with van der Waals surface area (Å²) in [5.74, 6) is 0. The van der Waals surface area contributed by atoms with Crippen LogP contribution in [0.2, 0.25) is 0 Å². The summed E-state index contributed by atoms with van der Waals surface area (Å²) in [5.41, 5.74) is 8.03. The summed E-state index contributed by atoms with van der Waals surface area (Å²) in [7, 11) is 0. The lowest BCUT2D eigenvalue weighted by Crippen LogP contribution is -2.59. The van der Waals surface area contributed by atoms with Gasteiger partial charge in [0.1, 0.15) is 24.4 Å². The lowest BCUT2D eigenvalue weighted by molar-refractivity contribution is -0.300. The second-order valence-electron chi connectivity index (χ2n) is 3.52. The number of hydrogen-bond donors (Lipinski definition) is 4. The first kappa shape index (κ1) is 14.1. The van der Waals surface area contributed by atoms with Crippen molar-refractivity contribution in [1.82, 2.24) is 0 Å². The molecule has 0 aromatic carbocycles. The van der Waals surface area contributed by atoms with Gasteiger partial charge >= 0.3 is 0 Å². The Hall–Kier alpha value is -0.930. The van der Waals surface area contributed by atoms with Crippen molar-refractivity contribution >= 4 is 0 Å². The van der Waals surface area contributed by atoms with E-state index in [0.717, 1.165) is 0 Å². The zero-order valence-electron chi connectivity index (χ0n) is 8.96. The summed E-state index contributed by atoms with van der Waals surface area (Å²) >= 11 is 0. The minimum atomic E-state index is -1.47. The molecule has 1 rings (SSSR count). The van der Waals surface area contributed by atoms with Gasteiger partial charge in [0.25, 0.3) is 0 Å². The predicted molar refractivity (Wildman–Crippen MR) is 53.7 cm³/mol. The van der Waals surface area contributed by atoms with Crippen LogP contribution in [0.15, 0.2) is 5.11 Å². The Bertz CT molecular complexity index is 282. The maximum absolute atomic E-state index is 9.53. The smallest absolute Gasteiger partial charge is 0.186 e. The van der Waals surface area contributed by atoms with Gasteiger partial charge in [0.05, 0.1) is 13.2 Å². The molecule has 1 saturated heterocycles. The van der Waals surface area contributed by atoms with Gasteiger partial charge in [-0.1, -0.05) is 5.11 Å². The van der Waals surface area contributed by atoms with Crippen LogP contribution >= 0.6 is 0 Å². The molecule has 0 aliphatic carbocycles. The molecular formula is C8H15N3O6. The van der Waals surface area contributed by atoms with Crippen molar-refractivity contribution in [3.63, 3.8) is 0 Å². The van der Waals surface area contributed by atoms with Gasteiger partial charge in [0.2, 0.25) is 0 Å². The van der Waals surface area contributed by atoms with E-state index in [-0.39, 0.29) is 13.2 Å². The first-order chi connectivity index (χ1) is 8.11. The van der Waals surface area contributed by atoms with Gasteiger partial charge in [-0.15, -0.1) is 0 Å². The number of azide groups is 1. The van der Waals surface area contributed by atoms with Gasteiger partial charge in [-0.25, -0.2) is 0 Å². The average molecular weight is 249 g/mol. The van der Waals surface area contributed by atoms with Crippen LogP contribution < -0.4 is 0 Å². The van der Waals surface area contributed by atoms with Gasteiger partial charge in [0, 0.05) is 11.5 Å². The molecule has 98 valence electrons. The fourth-order valence-corrected chi connectivity index (χ4v) is 1.46. The number of aliphatic hydroxyl groups excluding tert-OH is 4. The van der Waals surface area contributed by atoms with Crippen LogP contribution in [0.1, 0.15) is 0 Å². The lowest BCUT2D eigenvalue weighted by Gasteiger charge is -2.39. The van der Waals surface area contributed by atoms with E-state index >= 15 is 0 Å². The monoisotopic (exact) mass is 249 g/mol. The zero-order valence-corrected chi connectivity index (χ0v) is 8.96. The van der Waals surface area contributed by atoms with Crippen LogP contribution in [0.5, 0.6) is 0 Å². The van der Waals surface area contributed by atoms with Gasteiger partial charge in [-0.2, -0.15) is 0 Å². The van der Waals surface area contributed by atoms with E-state index in [4.69, 9.17) is 20.1 Å². The van der Waals surface area contributed by atoms with Crippen LogP contribution in [0, 0.1) is 0 Å². The number of hydrogen-bond acceptors (Lipinski definition) is 7. The summed E-state index contributed by atoms with van der Waals surface area (Å²) in [4.78, 5) is 2.51. The van der Waals surface area contributed by atoms with E-state index in [2.05, 4.69) is 10.0 Å². The lowest BCUT2D eigenvalue weighted by atomic mass is 9.99. The highest BCUT2D eigenvalue weighted by molar-refractivity contribution is 4.88. The molecule has 0 saturated carbocycles. The second-order valence-corrected chi connectivity index (χ2v) is 3.52. The molecule has 9 heteroatoms. The van der Waals surface area contributed by atoms with E-state index in [9.17, 15) is 15.3 Å². The minimum Gasteiger partial charge on any atom is -0.394 e. The molecule has 0 bridgehead atoms. The topological polar surface area (TPSA) is 148 Å². The van der Waals surface area contributed by atoms with Crippen LogP contribution in [-0.2, 0) is 9.47 Å².